The SMILES string of the molecule is CCCCOc1ccc(C2CC3C4NN=C(CCC(=O)NC(C)c5ccccc5)N4C=CN3N2)cc1. The molecule has 4 unspecified atom stereocenters. The summed E-state index contributed by atoms with van der Waals surface area (Å²) in [5.41, 5.74) is 9.28. The molecule has 5 rings (SSSR count). The lowest BCUT2D eigenvalue weighted by atomic mass is 9.99. The predicted molar refractivity (Wildman–Crippen MR) is 141 cm³/mol. The van der Waals surface area contributed by atoms with Gasteiger partial charge in [0, 0.05) is 25.2 Å². The van der Waals surface area contributed by atoms with Crippen molar-refractivity contribution in [3.8, 4) is 5.75 Å². The first kappa shape index (κ1) is 24.2. The van der Waals surface area contributed by atoms with Crippen LogP contribution in [0.25, 0.3) is 0 Å². The third kappa shape index (κ3) is 5.33. The number of carbonyl (C=O) groups excluding carboxylic acids is 1. The van der Waals surface area contributed by atoms with Crippen LogP contribution in [0, 0.1) is 0 Å². The Bertz CT molecular complexity index is 1090. The molecule has 0 aromatic heterocycles. The van der Waals surface area contributed by atoms with Gasteiger partial charge in [-0.2, -0.15) is 5.10 Å². The average molecular weight is 489 g/mol. The number of hydrazine groups is 1. The van der Waals surface area contributed by atoms with Crippen molar-refractivity contribution in [2.24, 2.45) is 5.10 Å². The Kier molecular flexibility index (Phi) is 7.41. The first-order chi connectivity index (χ1) is 17.6. The van der Waals surface area contributed by atoms with E-state index in [4.69, 9.17) is 4.74 Å². The van der Waals surface area contributed by atoms with Gasteiger partial charge in [0.1, 0.15) is 17.8 Å². The maximum absolute atomic E-state index is 12.6. The van der Waals surface area contributed by atoms with E-state index in [-0.39, 0.29) is 30.2 Å². The summed E-state index contributed by atoms with van der Waals surface area (Å²) in [4.78, 5) is 14.7. The van der Waals surface area contributed by atoms with E-state index in [0.29, 0.717) is 12.8 Å². The van der Waals surface area contributed by atoms with Crippen molar-refractivity contribution in [1.29, 1.82) is 0 Å². The van der Waals surface area contributed by atoms with Gasteiger partial charge < -0.3 is 20.0 Å². The monoisotopic (exact) mass is 488 g/mol. The average Bonchev–Trinajstić information content (AvgIpc) is 3.53. The van der Waals surface area contributed by atoms with Gasteiger partial charge in [0.15, 0.2) is 0 Å². The number of benzene rings is 2. The number of unbranched alkanes of at least 4 members (excludes halogenated alkanes) is 1. The number of nitrogens with one attached hydrogen (secondary N) is 3. The largest absolute Gasteiger partial charge is 0.494 e. The summed E-state index contributed by atoms with van der Waals surface area (Å²) in [5, 5.41) is 9.86. The molecule has 8 nitrogen and oxygen atoms in total. The Hall–Kier alpha value is -3.52. The summed E-state index contributed by atoms with van der Waals surface area (Å²) in [7, 11) is 0. The highest BCUT2D eigenvalue weighted by molar-refractivity contribution is 5.89. The number of rotatable bonds is 10. The molecule has 8 heteroatoms. The number of hydrogen-bond donors (Lipinski definition) is 3. The number of carbonyl (C=O) groups is 1. The minimum atomic E-state index is -0.0167. The summed E-state index contributed by atoms with van der Waals surface area (Å²) in [6.07, 6.45) is 8.31. The van der Waals surface area contributed by atoms with Gasteiger partial charge in [-0.05, 0) is 43.0 Å². The van der Waals surface area contributed by atoms with Gasteiger partial charge in [0.2, 0.25) is 5.91 Å². The van der Waals surface area contributed by atoms with Crippen LogP contribution in [0.3, 0.4) is 0 Å². The summed E-state index contributed by atoms with van der Waals surface area (Å²) < 4.78 is 5.81. The predicted octanol–water partition coefficient (Wildman–Crippen LogP) is 4.17. The molecule has 0 bridgehead atoms. The Morgan fingerprint density at radius 3 is 2.75 bits per heavy atom. The van der Waals surface area contributed by atoms with Gasteiger partial charge in [0.25, 0.3) is 0 Å². The van der Waals surface area contributed by atoms with Gasteiger partial charge in [-0.15, -0.1) is 0 Å². The van der Waals surface area contributed by atoms with Crippen LogP contribution >= 0.6 is 0 Å². The van der Waals surface area contributed by atoms with Crippen LogP contribution in [0.4, 0.5) is 0 Å². The van der Waals surface area contributed by atoms with Crippen LogP contribution in [-0.2, 0) is 4.79 Å². The number of nitrogens with zero attached hydrogens (tertiary/aromatic N) is 3. The van der Waals surface area contributed by atoms with Gasteiger partial charge in [-0.25, -0.2) is 5.43 Å². The second-order valence-corrected chi connectivity index (χ2v) is 9.67. The number of fused-ring (bicyclic) bond motifs is 3. The second-order valence-electron chi connectivity index (χ2n) is 9.67. The molecule has 1 amide bonds. The Balaban J connectivity index is 1.12. The van der Waals surface area contributed by atoms with Gasteiger partial charge >= 0.3 is 0 Å². The van der Waals surface area contributed by atoms with Crippen LogP contribution in [-0.4, -0.2) is 40.5 Å². The van der Waals surface area contributed by atoms with E-state index in [1.807, 2.05) is 43.5 Å². The topological polar surface area (TPSA) is 81.2 Å². The first-order valence-electron chi connectivity index (χ1n) is 13.0. The fraction of sp³-hybridized carbons (Fsp3) is 0.429. The maximum Gasteiger partial charge on any atom is 0.220 e. The molecule has 3 heterocycles. The fourth-order valence-corrected chi connectivity index (χ4v) is 5.02. The number of hydrogen-bond acceptors (Lipinski definition) is 7. The third-order valence-electron chi connectivity index (χ3n) is 7.12. The van der Waals surface area contributed by atoms with Crippen molar-refractivity contribution < 1.29 is 9.53 Å². The lowest BCUT2D eigenvalue weighted by Crippen LogP contribution is -2.54. The normalized spacial score (nSPS) is 22.9. The van der Waals surface area contributed by atoms with Crippen molar-refractivity contribution in [3.63, 3.8) is 0 Å². The fourth-order valence-electron chi connectivity index (χ4n) is 5.02. The molecule has 1 saturated heterocycles. The zero-order chi connectivity index (χ0) is 24.9. The molecule has 0 aliphatic carbocycles. The molecule has 3 aliphatic heterocycles. The minimum Gasteiger partial charge on any atom is -0.494 e. The standard InChI is InChI=1S/C28H36N6O2/c1-3-4-18-36-23-12-10-22(11-13-23)24-19-25-28-31-30-26(33(28)16-17-34(25)32-24)14-15-27(35)29-20(2)21-8-6-5-7-9-21/h5-13,16-17,20,24-25,28,31-32H,3-4,14-15,18-19H2,1-2H3,(H,29,35). The highest BCUT2D eigenvalue weighted by Crippen LogP contribution is 2.34. The van der Waals surface area contributed by atoms with E-state index in [1.165, 1.54) is 5.56 Å². The molecule has 1 fully saturated rings. The van der Waals surface area contributed by atoms with Crippen LogP contribution in [0.1, 0.15) is 69.2 Å². The van der Waals surface area contributed by atoms with Gasteiger partial charge in [-0.3, -0.25) is 10.2 Å². The van der Waals surface area contributed by atoms with E-state index in [2.05, 4.69) is 68.6 Å². The molecular formula is C28H36N6O2. The molecule has 3 aliphatic rings. The number of hydrazone groups is 1. The maximum atomic E-state index is 12.6. The molecule has 2 aromatic carbocycles. The summed E-state index contributed by atoms with van der Waals surface area (Å²) in [6.45, 7) is 4.94. The zero-order valence-electron chi connectivity index (χ0n) is 21.1. The highest BCUT2D eigenvalue weighted by Gasteiger charge is 2.44. The number of amides is 1. The molecule has 0 spiro atoms. The summed E-state index contributed by atoms with van der Waals surface area (Å²) >= 11 is 0. The van der Waals surface area contributed by atoms with Crippen molar-refractivity contribution in [2.75, 3.05) is 6.61 Å². The minimum absolute atomic E-state index is 0.0167. The van der Waals surface area contributed by atoms with Gasteiger partial charge in [-0.1, -0.05) is 55.8 Å². The van der Waals surface area contributed by atoms with E-state index >= 15 is 0 Å². The molecule has 3 N–H and O–H groups in total. The molecule has 0 saturated carbocycles. The van der Waals surface area contributed by atoms with E-state index in [1.54, 1.807) is 0 Å². The van der Waals surface area contributed by atoms with E-state index < -0.39 is 0 Å². The quantitative estimate of drug-likeness (QED) is 0.436. The molecular weight excluding hydrogens is 452 g/mol. The van der Waals surface area contributed by atoms with Crippen LogP contribution < -0.4 is 20.9 Å². The third-order valence-corrected chi connectivity index (χ3v) is 7.12. The Morgan fingerprint density at radius 2 is 1.97 bits per heavy atom. The van der Waals surface area contributed by atoms with Crippen LogP contribution in [0.5, 0.6) is 5.75 Å². The van der Waals surface area contributed by atoms with Crippen LogP contribution in [0.2, 0.25) is 0 Å². The van der Waals surface area contributed by atoms with Crippen LogP contribution in [0.15, 0.2) is 72.1 Å². The van der Waals surface area contributed by atoms with Crippen molar-refractivity contribution in [3.05, 3.63) is 78.1 Å². The van der Waals surface area contributed by atoms with Crippen molar-refractivity contribution in [1.82, 2.24) is 26.1 Å². The highest BCUT2D eigenvalue weighted by atomic mass is 16.5. The lowest BCUT2D eigenvalue weighted by molar-refractivity contribution is -0.121. The Morgan fingerprint density at radius 1 is 1.17 bits per heavy atom. The Labute approximate surface area is 213 Å². The summed E-state index contributed by atoms with van der Waals surface area (Å²) in [6, 6.07) is 18.9. The number of amidine groups is 1. The molecule has 0 radical (unpaired) electrons. The molecule has 4 atom stereocenters. The molecule has 36 heavy (non-hydrogen) atoms. The van der Waals surface area contributed by atoms with Crippen molar-refractivity contribution >= 4 is 11.7 Å². The van der Waals surface area contributed by atoms with E-state index in [9.17, 15) is 4.79 Å². The van der Waals surface area contributed by atoms with E-state index in [0.717, 1.165) is 43.0 Å². The lowest BCUT2D eigenvalue weighted by Gasteiger charge is -2.37. The zero-order valence-corrected chi connectivity index (χ0v) is 21.1. The summed E-state index contributed by atoms with van der Waals surface area (Å²) in [5.74, 6) is 1.85. The van der Waals surface area contributed by atoms with Gasteiger partial charge in [0.05, 0.1) is 24.7 Å². The molecule has 2 aromatic rings. The smallest absolute Gasteiger partial charge is 0.220 e. The van der Waals surface area contributed by atoms with Crippen molar-refractivity contribution in [2.45, 2.75) is 70.2 Å². The molecule has 190 valence electrons. The second kappa shape index (κ2) is 11.0. The number of ether oxygens (including phenoxy) is 1. The first-order valence-corrected chi connectivity index (χ1v) is 13.0.